The number of fused-ring (bicyclic) bond motifs is 1. The third-order valence-corrected chi connectivity index (χ3v) is 6.22. The SMILES string of the molecule is OCCNc1nc(N2CCCCC2)c2nc(N(CCO)CCO)nc(N3CCCCC3)c2n1. The number of piperidine rings is 2. The number of aliphatic hydroxyl groups excluding tert-OH is 3. The van der Waals surface area contributed by atoms with Crippen LogP contribution < -0.4 is 20.0 Å². The molecule has 0 atom stereocenters. The predicted molar refractivity (Wildman–Crippen MR) is 129 cm³/mol. The number of anilines is 4. The molecule has 0 radical (unpaired) electrons. The molecular weight excluding hydrogens is 424 g/mol. The van der Waals surface area contributed by atoms with Crippen LogP contribution in [-0.4, -0.2) is 101 Å². The first-order valence-corrected chi connectivity index (χ1v) is 12.2. The van der Waals surface area contributed by atoms with Crippen LogP contribution in [0, 0.1) is 0 Å². The van der Waals surface area contributed by atoms with E-state index < -0.39 is 0 Å². The number of aromatic nitrogens is 4. The van der Waals surface area contributed by atoms with Gasteiger partial charge in [0.1, 0.15) is 11.0 Å². The zero-order valence-corrected chi connectivity index (χ0v) is 19.3. The fraction of sp³-hybridized carbons (Fsp3) is 0.727. The highest BCUT2D eigenvalue weighted by atomic mass is 16.3. The van der Waals surface area contributed by atoms with Gasteiger partial charge in [-0.1, -0.05) is 0 Å². The van der Waals surface area contributed by atoms with Crippen LogP contribution in [0.5, 0.6) is 0 Å². The van der Waals surface area contributed by atoms with E-state index in [0.29, 0.717) is 42.6 Å². The summed E-state index contributed by atoms with van der Waals surface area (Å²) in [6, 6.07) is 0. The van der Waals surface area contributed by atoms with Gasteiger partial charge in [-0.2, -0.15) is 9.97 Å². The molecule has 11 heteroatoms. The summed E-state index contributed by atoms with van der Waals surface area (Å²) >= 11 is 0. The van der Waals surface area contributed by atoms with Gasteiger partial charge in [0, 0.05) is 45.8 Å². The van der Waals surface area contributed by atoms with E-state index in [9.17, 15) is 15.3 Å². The normalized spacial score (nSPS) is 16.9. The van der Waals surface area contributed by atoms with E-state index in [1.54, 1.807) is 0 Å². The highest BCUT2D eigenvalue weighted by molar-refractivity contribution is 5.95. The second-order valence-corrected chi connectivity index (χ2v) is 8.60. The Hall–Kier alpha value is -2.50. The molecule has 0 saturated carbocycles. The van der Waals surface area contributed by atoms with Gasteiger partial charge in [0.25, 0.3) is 0 Å². The monoisotopic (exact) mass is 460 g/mol. The second kappa shape index (κ2) is 11.6. The van der Waals surface area contributed by atoms with Crippen LogP contribution >= 0.6 is 0 Å². The third kappa shape index (κ3) is 5.53. The molecule has 0 aliphatic carbocycles. The van der Waals surface area contributed by atoms with E-state index in [1.807, 2.05) is 4.90 Å². The van der Waals surface area contributed by atoms with Crippen LogP contribution in [0.3, 0.4) is 0 Å². The lowest BCUT2D eigenvalue weighted by Crippen LogP contribution is -2.35. The maximum Gasteiger partial charge on any atom is 0.228 e. The van der Waals surface area contributed by atoms with Crippen LogP contribution in [-0.2, 0) is 0 Å². The van der Waals surface area contributed by atoms with E-state index in [0.717, 1.165) is 63.5 Å². The third-order valence-electron chi connectivity index (χ3n) is 6.22. The van der Waals surface area contributed by atoms with E-state index in [2.05, 4.69) is 15.1 Å². The van der Waals surface area contributed by atoms with Gasteiger partial charge in [0.15, 0.2) is 11.6 Å². The Morgan fingerprint density at radius 1 is 0.667 bits per heavy atom. The molecule has 0 bridgehead atoms. The Morgan fingerprint density at radius 3 is 1.76 bits per heavy atom. The molecule has 2 saturated heterocycles. The average molecular weight is 461 g/mol. The molecule has 2 fully saturated rings. The van der Waals surface area contributed by atoms with Crippen LogP contribution in [0.25, 0.3) is 11.0 Å². The molecule has 0 aromatic carbocycles. The van der Waals surface area contributed by atoms with Crippen LogP contribution in [0.1, 0.15) is 38.5 Å². The standard InChI is InChI=1S/C22H36N8O3/c31-14-7-23-21-24-17-18(19(26-21)28-8-3-1-4-9-28)25-22(30(12-15-32)13-16-33)27-20(17)29-10-5-2-6-11-29/h31-33H,1-16H2,(H,23,24,26). The van der Waals surface area contributed by atoms with Gasteiger partial charge >= 0.3 is 0 Å². The molecule has 2 aliphatic rings. The summed E-state index contributed by atoms with van der Waals surface area (Å²) in [4.78, 5) is 25.7. The van der Waals surface area contributed by atoms with Crippen LogP contribution in [0.2, 0.25) is 0 Å². The Labute approximate surface area is 194 Å². The van der Waals surface area contributed by atoms with Gasteiger partial charge in [-0.05, 0) is 38.5 Å². The maximum atomic E-state index is 9.58. The van der Waals surface area contributed by atoms with Crippen molar-refractivity contribution in [1.82, 2.24) is 19.9 Å². The summed E-state index contributed by atoms with van der Waals surface area (Å²) in [5, 5.41) is 31.6. The Morgan fingerprint density at radius 2 is 1.21 bits per heavy atom. The summed E-state index contributed by atoms with van der Waals surface area (Å²) < 4.78 is 0. The average Bonchev–Trinajstić information content (AvgIpc) is 2.87. The summed E-state index contributed by atoms with van der Waals surface area (Å²) in [6.45, 7) is 4.52. The molecule has 0 unspecified atom stereocenters. The van der Waals surface area contributed by atoms with Gasteiger partial charge < -0.3 is 35.3 Å². The molecule has 0 amide bonds. The van der Waals surface area contributed by atoms with Crippen molar-refractivity contribution in [2.75, 3.05) is 85.7 Å². The summed E-state index contributed by atoms with van der Waals surface area (Å²) in [5.41, 5.74) is 1.39. The highest BCUT2D eigenvalue weighted by Crippen LogP contribution is 2.34. The van der Waals surface area contributed by atoms with E-state index in [-0.39, 0.29) is 19.8 Å². The number of hydrogen-bond acceptors (Lipinski definition) is 11. The second-order valence-electron chi connectivity index (χ2n) is 8.60. The lowest BCUT2D eigenvalue weighted by molar-refractivity contribution is 0.280. The topological polar surface area (TPSA) is 134 Å². The molecule has 4 rings (SSSR count). The van der Waals surface area contributed by atoms with Gasteiger partial charge in [-0.3, -0.25) is 0 Å². The fourth-order valence-electron chi connectivity index (χ4n) is 4.57. The molecule has 2 aromatic heterocycles. The predicted octanol–water partition coefficient (Wildman–Crippen LogP) is 0.596. The molecule has 2 aromatic rings. The van der Waals surface area contributed by atoms with Crippen molar-refractivity contribution in [2.24, 2.45) is 0 Å². The summed E-state index contributed by atoms with van der Waals surface area (Å²) in [7, 11) is 0. The van der Waals surface area contributed by atoms with E-state index >= 15 is 0 Å². The minimum absolute atomic E-state index is 0.00779. The first kappa shape index (κ1) is 23.7. The first-order valence-electron chi connectivity index (χ1n) is 12.2. The van der Waals surface area contributed by atoms with Crippen LogP contribution in [0.15, 0.2) is 0 Å². The Balaban J connectivity index is 1.89. The zero-order valence-electron chi connectivity index (χ0n) is 19.3. The van der Waals surface area contributed by atoms with E-state index in [1.165, 1.54) is 12.8 Å². The highest BCUT2D eigenvalue weighted by Gasteiger charge is 2.25. The lowest BCUT2D eigenvalue weighted by Gasteiger charge is -2.32. The smallest absolute Gasteiger partial charge is 0.228 e. The van der Waals surface area contributed by atoms with Crippen molar-refractivity contribution < 1.29 is 15.3 Å². The number of nitrogens with one attached hydrogen (secondary N) is 1. The molecule has 0 spiro atoms. The lowest BCUT2D eigenvalue weighted by atomic mass is 10.1. The van der Waals surface area contributed by atoms with Crippen molar-refractivity contribution in [3.8, 4) is 0 Å². The van der Waals surface area contributed by atoms with Gasteiger partial charge in [-0.25, -0.2) is 9.97 Å². The number of rotatable bonds is 10. The molecule has 2 aliphatic heterocycles. The summed E-state index contributed by atoms with van der Waals surface area (Å²) in [6.07, 6.45) is 6.79. The number of nitrogens with zero attached hydrogens (tertiary/aromatic N) is 7. The van der Waals surface area contributed by atoms with Crippen molar-refractivity contribution in [3.63, 3.8) is 0 Å². The first-order chi connectivity index (χ1) is 16.2. The number of aliphatic hydroxyl groups is 3. The van der Waals surface area contributed by atoms with Crippen molar-refractivity contribution >= 4 is 34.6 Å². The largest absolute Gasteiger partial charge is 0.395 e. The molecule has 4 N–H and O–H groups in total. The number of hydrogen-bond donors (Lipinski definition) is 4. The maximum absolute atomic E-state index is 9.58. The fourth-order valence-corrected chi connectivity index (χ4v) is 4.57. The van der Waals surface area contributed by atoms with Gasteiger partial charge in [0.2, 0.25) is 11.9 Å². The quantitative estimate of drug-likeness (QED) is 0.397. The molecule has 33 heavy (non-hydrogen) atoms. The molecular formula is C22H36N8O3. The minimum Gasteiger partial charge on any atom is -0.395 e. The van der Waals surface area contributed by atoms with Crippen molar-refractivity contribution in [1.29, 1.82) is 0 Å². The van der Waals surface area contributed by atoms with Crippen molar-refractivity contribution in [3.05, 3.63) is 0 Å². The summed E-state index contributed by atoms with van der Waals surface area (Å²) in [5.74, 6) is 2.48. The van der Waals surface area contributed by atoms with Gasteiger partial charge in [0.05, 0.1) is 19.8 Å². The van der Waals surface area contributed by atoms with Crippen LogP contribution in [0.4, 0.5) is 23.5 Å². The molecule has 182 valence electrons. The molecule has 11 nitrogen and oxygen atoms in total. The van der Waals surface area contributed by atoms with Crippen molar-refractivity contribution in [2.45, 2.75) is 38.5 Å². The Bertz CT molecular complexity index is 897. The molecule has 4 heterocycles. The Kier molecular flexibility index (Phi) is 8.30. The van der Waals surface area contributed by atoms with Gasteiger partial charge in [-0.15, -0.1) is 0 Å². The zero-order chi connectivity index (χ0) is 23.0. The van der Waals surface area contributed by atoms with E-state index in [4.69, 9.17) is 19.9 Å². The minimum atomic E-state index is -0.0556.